The number of carbonyl (C=O) groups is 2. The van der Waals surface area contributed by atoms with E-state index in [9.17, 15) is 9.59 Å². The summed E-state index contributed by atoms with van der Waals surface area (Å²) >= 11 is 0. The molecule has 4 fully saturated rings. The monoisotopic (exact) mass is 429 g/mol. The fourth-order valence-corrected chi connectivity index (χ4v) is 7.16. The van der Waals surface area contributed by atoms with E-state index in [4.69, 9.17) is 9.73 Å². The average molecular weight is 430 g/mol. The van der Waals surface area contributed by atoms with Crippen molar-refractivity contribution < 1.29 is 14.3 Å². The molecule has 0 unspecified atom stereocenters. The van der Waals surface area contributed by atoms with Gasteiger partial charge in [0.25, 0.3) is 5.91 Å². The molecule has 7 aliphatic rings. The van der Waals surface area contributed by atoms with E-state index in [1.807, 2.05) is 30.9 Å². The molecule has 6 heteroatoms. The lowest BCUT2D eigenvalue weighted by Gasteiger charge is -2.63. The molecule has 6 nitrogen and oxygen atoms in total. The first-order valence-electron chi connectivity index (χ1n) is 11.6. The summed E-state index contributed by atoms with van der Waals surface area (Å²) in [4.78, 5) is 34.2. The number of benzene rings is 1. The zero-order valence-electron chi connectivity index (χ0n) is 18.9. The van der Waals surface area contributed by atoms with E-state index in [2.05, 4.69) is 37.4 Å². The molecule has 2 bridgehead atoms. The Morgan fingerprint density at radius 3 is 2.81 bits per heavy atom. The second kappa shape index (κ2) is 5.19. The summed E-state index contributed by atoms with van der Waals surface area (Å²) in [5, 5.41) is 3.22. The summed E-state index contributed by atoms with van der Waals surface area (Å²) in [7, 11) is 0. The smallest absolute Gasteiger partial charge is 0.253 e. The van der Waals surface area contributed by atoms with E-state index in [0.717, 1.165) is 46.7 Å². The van der Waals surface area contributed by atoms with Crippen molar-refractivity contribution in [3.05, 3.63) is 35.4 Å². The van der Waals surface area contributed by atoms with Gasteiger partial charge in [0, 0.05) is 34.6 Å². The summed E-state index contributed by atoms with van der Waals surface area (Å²) in [6, 6.07) is 4.06. The normalized spacial score (nSPS) is 36.2. The molecule has 8 rings (SSSR count). The highest BCUT2D eigenvalue weighted by atomic mass is 16.5. The number of allylic oxidation sites excluding steroid dienone is 1. The maximum atomic E-state index is 13.9. The maximum Gasteiger partial charge on any atom is 0.253 e. The van der Waals surface area contributed by atoms with Crippen LogP contribution in [0.15, 0.2) is 29.3 Å². The van der Waals surface area contributed by atoms with E-state index in [1.165, 1.54) is 0 Å². The van der Waals surface area contributed by atoms with Crippen molar-refractivity contribution in [1.82, 2.24) is 10.2 Å². The van der Waals surface area contributed by atoms with Crippen LogP contribution in [0.4, 0.5) is 5.69 Å². The van der Waals surface area contributed by atoms with Crippen LogP contribution in [0.2, 0.25) is 0 Å². The van der Waals surface area contributed by atoms with E-state index < -0.39 is 11.1 Å². The molecule has 1 aromatic carbocycles. The van der Waals surface area contributed by atoms with Crippen LogP contribution in [0.3, 0.4) is 0 Å². The second-order valence-corrected chi connectivity index (χ2v) is 11.3. The average Bonchev–Trinajstić information content (AvgIpc) is 3.32. The zero-order chi connectivity index (χ0) is 22.3. The Kier molecular flexibility index (Phi) is 3.02. The van der Waals surface area contributed by atoms with Crippen LogP contribution in [0.1, 0.15) is 58.1 Å². The fourth-order valence-electron chi connectivity index (χ4n) is 7.16. The Morgan fingerprint density at radius 2 is 2.00 bits per heavy atom. The van der Waals surface area contributed by atoms with Gasteiger partial charge in [-0.25, -0.2) is 0 Å². The molecule has 1 N–H and O–H groups in total. The summed E-state index contributed by atoms with van der Waals surface area (Å²) in [6.07, 6.45) is 8.53. The van der Waals surface area contributed by atoms with Gasteiger partial charge in [0.1, 0.15) is 22.4 Å². The highest BCUT2D eigenvalue weighted by Gasteiger charge is 2.72. The standard InChI is InChI=1S/C26H27N3O3/c1-23(2)10-8-15-17(32-23)7-6-14-16-12-26-18(24(3,4)20(16)27-19(14)15)13-25(21(30)28-26)9-5-11-29(25)22(26)31/h6-8,10,12,18H,5,9,11,13H2,1-4H3,(H,28,30)/t18-,25-,26-/m0/s1. The molecule has 0 radical (unpaired) electrons. The molecule has 6 heterocycles. The SMILES string of the molecule is CC1(C)C=Cc2c(ccc3c2N=C2C3=C[C@@]34NC(=O)[C@]5(CCCN5C3=O)C[C@H]4C2(C)C)O1. The molecule has 1 aliphatic carbocycles. The quantitative estimate of drug-likeness (QED) is 0.685. The Labute approximate surface area is 187 Å². The molecule has 2 amide bonds. The van der Waals surface area contributed by atoms with Gasteiger partial charge in [0.15, 0.2) is 0 Å². The highest BCUT2D eigenvalue weighted by molar-refractivity contribution is 6.34. The third-order valence-corrected chi connectivity index (χ3v) is 8.75. The minimum Gasteiger partial charge on any atom is -0.483 e. The van der Waals surface area contributed by atoms with Gasteiger partial charge in [-0.2, -0.15) is 0 Å². The van der Waals surface area contributed by atoms with Crippen molar-refractivity contribution in [2.45, 2.75) is 63.6 Å². The van der Waals surface area contributed by atoms with Crippen LogP contribution >= 0.6 is 0 Å². The number of hydrogen-bond donors (Lipinski definition) is 1. The number of fused-ring (bicyclic) bond motifs is 6. The van der Waals surface area contributed by atoms with Crippen LogP contribution in [0.25, 0.3) is 11.6 Å². The number of hydrogen-bond acceptors (Lipinski definition) is 4. The molecule has 0 saturated carbocycles. The highest BCUT2D eigenvalue weighted by Crippen LogP contribution is 2.61. The van der Waals surface area contributed by atoms with E-state index in [0.29, 0.717) is 13.0 Å². The second-order valence-electron chi connectivity index (χ2n) is 11.3. The van der Waals surface area contributed by atoms with Crippen LogP contribution in [-0.4, -0.2) is 45.6 Å². The summed E-state index contributed by atoms with van der Waals surface area (Å²) in [6.45, 7) is 9.13. The first kappa shape index (κ1) is 18.7. The van der Waals surface area contributed by atoms with E-state index >= 15 is 0 Å². The molecule has 4 saturated heterocycles. The van der Waals surface area contributed by atoms with Gasteiger partial charge < -0.3 is 15.0 Å². The number of piperazine rings is 1. The lowest BCUT2D eigenvalue weighted by molar-refractivity contribution is -0.174. The van der Waals surface area contributed by atoms with Gasteiger partial charge in [-0.05, 0) is 63.5 Å². The van der Waals surface area contributed by atoms with Crippen LogP contribution in [0.5, 0.6) is 5.75 Å². The maximum absolute atomic E-state index is 13.9. The molecule has 2 spiro atoms. The number of nitrogens with zero attached hydrogens (tertiary/aromatic N) is 2. The summed E-state index contributed by atoms with van der Waals surface area (Å²) < 4.78 is 6.18. The minimum atomic E-state index is -0.993. The number of rotatable bonds is 0. The van der Waals surface area contributed by atoms with E-state index in [1.54, 1.807) is 0 Å². The summed E-state index contributed by atoms with van der Waals surface area (Å²) in [5.41, 5.74) is 2.51. The Balaban J connectivity index is 1.46. The predicted octanol–water partition coefficient (Wildman–Crippen LogP) is 3.63. The fraction of sp³-hybridized carbons (Fsp3) is 0.500. The third kappa shape index (κ3) is 1.88. The number of aliphatic imine (C=N–C) groups is 1. The number of carbonyl (C=O) groups excluding carboxylic acids is 2. The first-order chi connectivity index (χ1) is 15.1. The van der Waals surface area contributed by atoms with Crippen molar-refractivity contribution in [2.75, 3.05) is 6.54 Å². The topological polar surface area (TPSA) is 71.0 Å². The van der Waals surface area contributed by atoms with Gasteiger partial charge in [0.2, 0.25) is 5.91 Å². The third-order valence-electron chi connectivity index (χ3n) is 8.75. The number of piperidine rings is 2. The molecule has 1 aromatic rings. The van der Waals surface area contributed by atoms with Gasteiger partial charge in [-0.1, -0.05) is 13.8 Å². The van der Waals surface area contributed by atoms with Crippen molar-refractivity contribution in [3.63, 3.8) is 0 Å². The molecule has 164 valence electrons. The first-order valence-corrected chi connectivity index (χ1v) is 11.6. The molecular weight excluding hydrogens is 402 g/mol. The van der Waals surface area contributed by atoms with Gasteiger partial charge >= 0.3 is 0 Å². The molecule has 32 heavy (non-hydrogen) atoms. The number of nitrogens with one attached hydrogen (secondary N) is 1. The lowest BCUT2D eigenvalue weighted by atomic mass is 9.52. The zero-order valence-corrected chi connectivity index (χ0v) is 18.9. The minimum absolute atomic E-state index is 0.0149. The number of ether oxygens (including phenoxy) is 1. The molecule has 6 aliphatic heterocycles. The van der Waals surface area contributed by atoms with Crippen LogP contribution < -0.4 is 10.1 Å². The summed E-state index contributed by atoms with van der Waals surface area (Å²) in [5.74, 6) is 0.883. The number of amides is 2. The molecule has 3 atom stereocenters. The van der Waals surface area contributed by atoms with Crippen molar-refractivity contribution in [3.8, 4) is 5.75 Å². The van der Waals surface area contributed by atoms with Gasteiger partial charge in [0.05, 0.1) is 11.4 Å². The predicted molar refractivity (Wildman–Crippen MR) is 122 cm³/mol. The van der Waals surface area contributed by atoms with Crippen LogP contribution in [-0.2, 0) is 9.59 Å². The molecule has 0 aromatic heterocycles. The van der Waals surface area contributed by atoms with Crippen LogP contribution in [0, 0.1) is 11.3 Å². The Hall–Kier alpha value is -2.89. The Morgan fingerprint density at radius 1 is 1.19 bits per heavy atom. The van der Waals surface area contributed by atoms with E-state index in [-0.39, 0.29) is 28.7 Å². The molecular formula is C26H27N3O3. The van der Waals surface area contributed by atoms with Crippen molar-refractivity contribution >= 4 is 34.9 Å². The van der Waals surface area contributed by atoms with Crippen molar-refractivity contribution in [1.29, 1.82) is 0 Å². The largest absolute Gasteiger partial charge is 0.483 e. The van der Waals surface area contributed by atoms with Gasteiger partial charge in [-0.3, -0.25) is 14.6 Å². The van der Waals surface area contributed by atoms with Gasteiger partial charge in [-0.15, -0.1) is 0 Å². The lowest BCUT2D eigenvalue weighted by Crippen LogP contribution is -2.83. The van der Waals surface area contributed by atoms with Crippen molar-refractivity contribution in [2.24, 2.45) is 16.3 Å². The Bertz CT molecular complexity index is 1250.